The van der Waals surface area contributed by atoms with Gasteiger partial charge in [0.15, 0.2) is 0 Å². The summed E-state index contributed by atoms with van der Waals surface area (Å²) >= 11 is 0. The van der Waals surface area contributed by atoms with Crippen LogP contribution in [0.5, 0.6) is 0 Å². The smallest absolute Gasteiger partial charge is 0.237 e. The van der Waals surface area contributed by atoms with Crippen LogP contribution in [0.15, 0.2) is 0 Å². The predicted octanol–water partition coefficient (Wildman–Crippen LogP) is -0.626. The van der Waals surface area contributed by atoms with Crippen LogP contribution < -0.4 is 10.6 Å². The molecule has 1 saturated heterocycles. The summed E-state index contributed by atoms with van der Waals surface area (Å²) in [5.74, 6) is 0.189. The lowest BCUT2D eigenvalue weighted by Gasteiger charge is -2.27. The second-order valence-electron chi connectivity index (χ2n) is 3.08. The number of hydrogen-bond donors (Lipinski definition) is 2. The summed E-state index contributed by atoms with van der Waals surface area (Å²) < 4.78 is 0. The van der Waals surface area contributed by atoms with Crippen LogP contribution in [0.2, 0.25) is 0 Å². The van der Waals surface area contributed by atoms with Crippen LogP contribution in [0.4, 0.5) is 0 Å². The van der Waals surface area contributed by atoms with Crippen molar-refractivity contribution >= 4 is 5.91 Å². The molecule has 4 nitrogen and oxygen atoms in total. The molecule has 1 amide bonds. The Balaban J connectivity index is 2.52. The number of hydrogen-bond acceptors (Lipinski definition) is 3. The van der Waals surface area contributed by atoms with E-state index in [4.69, 9.17) is 0 Å². The van der Waals surface area contributed by atoms with E-state index in [1.165, 1.54) is 0 Å². The molecule has 1 rings (SSSR count). The Labute approximate surface area is 73.3 Å². The van der Waals surface area contributed by atoms with E-state index in [-0.39, 0.29) is 12.1 Å². The second-order valence-corrected chi connectivity index (χ2v) is 3.08. The van der Waals surface area contributed by atoms with Gasteiger partial charge in [0.05, 0.1) is 12.7 Å². The molecule has 1 heterocycles. The maximum Gasteiger partial charge on any atom is 0.237 e. The normalized spacial score (nSPS) is 22.2. The first-order valence-electron chi connectivity index (χ1n) is 4.43. The molecule has 1 atom stereocenters. The Morgan fingerprint density at radius 1 is 1.67 bits per heavy atom. The molecule has 1 aliphatic rings. The van der Waals surface area contributed by atoms with Crippen molar-refractivity contribution < 1.29 is 4.79 Å². The minimum absolute atomic E-state index is 0.150. The topological polar surface area (TPSA) is 44.4 Å². The van der Waals surface area contributed by atoms with E-state index in [0.717, 1.165) is 19.5 Å². The van der Waals surface area contributed by atoms with Crippen LogP contribution in [0, 0.1) is 0 Å². The van der Waals surface area contributed by atoms with E-state index < -0.39 is 0 Å². The molecule has 0 bridgehead atoms. The van der Waals surface area contributed by atoms with Crippen LogP contribution in [-0.2, 0) is 4.79 Å². The molecule has 1 fully saturated rings. The zero-order chi connectivity index (χ0) is 8.97. The molecule has 0 aromatic heterocycles. The number of nitrogens with zero attached hydrogens (tertiary/aromatic N) is 1. The van der Waals surface area contributed by atoms with Crippen molar-refractivity contribution in [2.24, 2.45) is 0 Å². The third kappa shape index (κ3) is 2.19. The zero-order valence-corrected chi connectivity index (χ0v) is 7.76. The number of carbonyl (C=O) groups is 1. The van der Waals surface area contributed by atoms with Gasteiger partial charge in [0, 0.05) is 6.54 Å². The van der Waals surface area contributed by atoms with Crippen molar-refractivity contribution in [2.45, 2.75) is 19.5 Å². The molecule has 2 N–H and O–H groups in total. The van der Waals surface area contributed by atoms with E-state index in [0.29, 0.717) is 6.54 Å². The summed E-state index contributed by atoms with van der Waals surface area (Å²) in [4.78, 5) is 13.3. The van der Waals surface area contributed by atoms with Crippen LogP contribution >= 0.6 is 0 Å². The number of carbonyl (C=O) groups excluding carboxylic acids is 1. The van der Waals surface area contributed by atoms with E-state index in [1.54, 1.807) is 0 Å². The lowest BCUT2D eigenvalue weighted by Crippen LogP contribution is -2.47. The fraction of sp³-hybridized carbons (Fsp3) is 0.875. The summed E-state index contributed by atoms with van der Waals surface area (Å²) in [5, 5.41) is 6.16. The molecule has 4 heteroatoms. The Bertz CT molecular complexity index is 160. The molecule has 0 aromatic rings. The monoisotopic (exact) mass is 171 g/mol. The first-order chi connectivity index (χ1) is 5.75. The van der Waals surface area contributed by atoms with E-state index in [2.05, 4.69) is 10.6 Å². The molecule has 0 radical (unpaired) electrons. The van der Waals surface area contributed by atoms with Crippen molar-refractivity contribution in [3.05, 3.63) is 0 Å². The Hall–Kier alpha value is -0.610. The highest BCUT2D eigenvalue weighted by Gasteiger charge is 2.19. The first kappa shape index (κ1) is 9.48. The van der Waals surface area contributed by atoms with Crippen molar-refractivity contribution in [3.63, 3.8) is 0 Å². The van der Waals surface area contributed by atoms with Gasteiger partial charge in [0.1, 0.15) is 0 Å². The first-order valence-corrected chi connectivity index (χ1v) is 4.43. The van der Waals surface area contributed by atoms with Gasteiger partial charge in [-0.2, -0.15) is 0 Å². The van der Waals surface area contributed by atoms with Gasteiger partial charge in [-0.15, -0.1) is 0 Å². The quantitative estimate of drug-likeness (QED) is 0.581. The Kier molecular flexibility index (Phi) is 3.49. The number of amides is 1. The molecule has 0 spiro atoms. The van der Waals surface area contributed by atoms with Crippen LogP contribution in [-0.4, -0.2) is 43.7 Å². The molecular formula is C8H17N3O. The van der Waals surface area contributed by atoms with E-state index in [1.807, 2.05) is 18.9 Å². The van der Waals surface area contributed by atoms with E-state index in [9.17, 15) is 4.79 Å². The fourth-order valence-electron chi connectivity index (χ4n) is 1.36. The molecule has 0 aliphatic carbocycles. The van der Waals surface area contributed by atoms with Gasteiger partial charge in [-0.05, 0) is 26.9 Å². The highest BCUT2D eigenvalue weighted by molar-refractivity contribution is 5.78. The summed E-state index contributed by atoms with van der Waals surface area (Å²) in [7, 11) is 1.87. The average Bonchev–Trinajstić information content (AvgIpc) is 2.28. The lowest BCUT2D eigenvalue weighted by molar-refractivity contribution is -0.132. The minimum atomic E-state index is 0.150. The van der Waals surface area contributed by atoms with Crippen molar-refractivity contribution in [1.29, 1.82) is 0 Å². The summed E-state index contributed by atoms with van der Waals surface area (Å²) in [6.07, 6.45) is 1.19. The molecule has 0 saturated carbocycles. The van der Waals surface area contributed by atoms with Crippen LogP contribution in [0.1, 0.15) is 13.3 Å². The third-order valence-electron chi connectivity index (χ3n) is 2.23. The summed E-state index contributed by atoms with van der Waals surface area (Å²) in [6, 6.07) is 0. The fourth-order valence-corrected chi connectivity index (χ4v) is 1.36. The standard InChI is InChI=1S/C8H17N3O/c1-7(9-2)11-5-3-4-10-6-8(11)12/h7,9-10H,3-6H2,1-2H3. The highest BCUT2D eigenvalue weighted by Crippen LogP contribution is 2.00. The molecule has 1 aliphatic heterocycles. The SMILES string of the molecule is CNC(C)N1CCCNCC1=O. The lowest BCUT2D eigenvalue weighted by atomic mass is 10.3. The number of nitrogens with one attached hydrogen (secondary N) is 2. The van der Waals surface area contributed by atoms with Crippen molar-refractivity contribution in [2.75, 3.05) is 26.7 Å². The highest BCUT2D eigenvalue weighted by atomic mass is 16.2. The molecule has 70 valence electrons. The number of rotatable bonds is 2. The average molecular weight is 171 g/mol. The minimum Gasteiger partial charge on any atom is -0.326 e. The van der Waals surface area contributed by atoms with Crippen LogP contribution in [0.3, 0.4) is 0 Å². The second kappa shape index (κ2) is 4.42. The molecule has 12 heavy (non-hydrogen) atoms. The van der Waals surface area contributed by atoms with Gasteiger partial charge in [-0.3, -0.25) is 4.79 Å². The van der Waals surface area contributed by atoms with Gasteiger partial charge in [0.25, 0.3) is 0 Å². The van der Waals surface area contributed by atoms with Crippen molar-refractivity contribution in [1.82, 2.24) is 15.5 Å². The largest absolute Gasteiger partial charge is 0.326 e. The summed E-state index contributed by atoms with van der Waals surface area (Å²) in [5.41, 5.74) is 0. The maximum absolute atomic E-state index is 11.4. The van der Waals surface area contributed by atoms with Gasteiger partial charge in [-0.25, -0.2) is 0 Å². The zero-order valence-electron chi connectivity index (χ0n) is 7.76. The van der Waals surface area contributed by atoms with Gasteiger partial charge < -0.3 is 15.5 Å². The maximum atomic E-state index is 11.4. The molecule has 0 aromatic carbocycles. The molecular weight excluding hydrogens is 154 g/mol. The predicted molar refractivity (Wildman–Crippen MR) is 47.7 cm³/mol. The summed E-state index contributed by atoms with van der Waals surface area (Å²) in [6.45, 7) is 4.28. The third-order valence-corrected chi connectivity index (χ3v) is 2.23. The molecule has 1 unspecified atom stereocenters. The van der Waals surface area contributed by atoms with Gasteiger partial charge >= 0.3 is 0 Å². The van der Waals surface area contributed by atoms with E-state index >= 15 is 0 Å². The van der Waals surface area contributed by atoms with Gasteiger partial charge in [-0.1, -0.05) is 0 Å². The Morgan fingerprint density at radius 2 is 2.42 bits per heavy atom. The van der Waals surface area contributed by atoms with Crippen LogP contribution in [0.25, 0.3) is 0 Å². The van der Waals surface area contributed by atoms with Crippen molar-refractivity contribution in [3.8, 4) is 0 Å². The Morgan fingerprint density at radius 3 is 3.08 bits per heavy atom. The van der Waals surface area contributed by atoms with Gasteiger partial charge in [0.2, 0.25) is 5.91 Å².